The molecule has 1 amide bonds. The monoisotopic (exact) mass is 573 g/mol. The van der Waals surface area contributed by atoms with Gasteiger partial charge in [-0.05, 0) is 67.5 Å². The van der Waals surface area contributed by atoms with Crippen LogP contribution in [-0.2, 0) is 22.7 Å². The summed E-state index contributed by atoms with van der Waals surface area (Å²) in [6.45, 7) is 5.76. The van der Waals surface area contributed by atoms with Gasteiger partial charge in [0.25, 0.3) is 0 Å². The number of furan rings is 1. The molecule has 0 spiro atoms. The molecule has 6 N–H and O–H groups in total. The van der Waals surface area contributed by atoms with Crippen molar-refractivity contribution in [2.75, 3.05) is 13.7 Å². The van der Waals surface area contributed by atoms with E-state index in [9.17, 15) is 18.3 Å². The molecule has 218 valence electrons. The highest BCUT2D eigenvalue weighted by molar-refractivity contribution is 7.92. The molecule has 0 fully saturated rings. The van der Waals surface area contributed by atoms with Gasteiger partial charge in [0, 0.05) is 12.5 Å². The van der Waals surface area contributed by atoms with Gasteiger partial charge in [0.2, 0.25) is 14.8 Å². The van der Waals surface area contributed by atoms with Crippen molar-refractivity contribution in [3.8, 4) is 11.5 Å². The van der Waals surface area contributed by atoms with E-state index in [1.807, 2.05) is 0 Å². The van der Waals surface area contributed by atoms with Crippen LogP contribution < -0.4 is 26.3 Å². The van der Waals surface area contributed by atoms with Gasteiger partial charge in [-0.1, -0.05) is 44.2 Å². The third-order valence-electron chi connectivity index (χ3n) is 7.00. The van der Waals surface area contributed by atoms with Crippen molar-refractivity contribution in [3.63, 3.8) is 0 Å². The topological polar surface area (TPSA) is 167 Å². The molecule has 3 aromatic rings. The van der Waals surface area contributed by atoms with Crippen molar-refractivity contribution in [2.45, 2.75) is 61.9 Å². The van der Waals surface area contributed by atoms with Crippen LogP contribution in [0.3, 0.4) is 0 Å². The van der Waals surface area contributed by atoms with Gasteiger partial charge in [-0.3, -0.25) is 5.32 Å². The minimum Gasteiger partial charge on any atom is -0.496 e. The summed E-state index contributed by atoms with van der Waals surface area (Å²) in [6.07, 6.45) is 3.36. The van der Waals surface area contributed by atoms with Crippen molar-refractivity contribution >= 4 is 15.9 Å². The van der Waals surface area contributed by atoms with E-state index in [0.717, 1.165) is 19.8 Å². The van der Waals surface area contributed by atoms with E-state index < -0.39 is 26.5 Å². The number of carbonyl (C=O) groups excluding carboxylic acids is 1. The lowest BCUT2D eigenvalue weighted by Crippen LogP contribution is -2.73. The zero-order valence-electron chi connectivity index (χ0n) is 23.3. The largest absolute Gasteiger partial charge is 0.496 e. The number of amides is 1. The van der Waals surface area contributed by atoms with Crippen molar-refractivity contribution in [1.82, 2.24) is 5.32 Å². The first kappa shape index (κ1) is 31.2. The summed E-state index contributed by atoms with van der Waals surface area (Å²) < 4.78 is 43.8. The second-order valence-corrected chi connectivity index (χ2v) is 13.1. The first-order valence-corrected chi connectivity index (χ1v) is 14.4. The van der Waals surface area contributed by atoms with E-state index in [2.05, 4.69) is 19.2 Å². The molecule has 0 radical (unpaired) electrons. The van der Waals surface area contributed by atoms with Gasteiger partial charge in [0.15, 0.2) is 5.75 Å². The minimum absolute atomic E-state index is 0.0825. The van der Waals surface area contributed by atoms with Crippen LogP contribution in [-0.4, -0.2) is 43.9 Å². The molecule has 0 unspecified atom stereocenters. The lowest BCUT2D eigenvalue weighted by molar-refractivity contribution is 0.0370. The van der Waals surface area contributed by atoms with E-state index in [-0.39, 0.29) is 22.5 Å². The molecule has 0 aliphatic heterocycles. The molecule has 11 heteroatoms. The Kier molecular flexibility index (Phi) is 9.68. The fourth-order valence-corrected chi connectivity index (χ4v) is 6.19. The second kappa shape index (κ2) is 12.4. The molecule has 3 rings (SSSR count). The number of nitrogens with two attached hydrogens (primary N) is 2. The van der Waals surface area contributed by atoms with Gasteiger partial charge in [-0.25, -0.2) is 13.2 Å². The minimum atomic E-state index is -4.58. The molecule has 0 aliphatic rings. The second-order valence-electron chi connectivity index (χ2n) is 10.8. The van der Waals surface area contributed by atoms with Gasteiger partial charge in [0.1, 0.15) is 17.7 Å². The van der Waals surface area contributed by atoms with Gasteiger partial charge >= 0.3 is 6.09 Å². The highest BCUT2D eigenvalue weighted by Gasteiger charge is 2.55. The average molecular weight is 574 g/mol. The number of methoxy groups -OCH3 is 1. The smallest absolute Gasteiger partial charge is 0.414 e. The Morgan fingerprint density at radius 1 is 1.07 bits per heavy atom. The van der Waals surface area contributed by atoms with Gasteiger partial charge in [0.05, 0.1) is 18.3 Å². The highest BCUT2D eigenvalue weighted by atomic mass is 32.2. The van der Waals surface area contributed by atoms with Gasteiger partial charge in [-0.2, -0.15) is 0 Å². The standard InChI is InChI=1S/C29H39N3O7S/c1-27(2,14-8-15-30)19-22-17-24(11-12-25(22)37-4)40(35,36)28(3,34)29(31,18-21-9-6-5-7-10-21)32-26(33)39-23-13-16-38-20-23/h5-7,9-13,16-17,20,34H,8,14-15,18-19,30-31H2,1-4H3,(H,32,33)/t28-,29+/m1/s1. The zero-order chi connectivity index (χ0) is 29.6. The third-order valence-corrected chi connectivity index (χ3v) is 9.28. The Morgan fingerprint density at radius 2 is 1.77 bits per heavy atom. The molecule has 40 heavy (non-hydrogen) atoms. The summed E-state index contributed by atoms with van der Waals surface area (Å²) in [7, 11) is -3.07. The molecule has 0 saturated heterocycles. The lowest BCUT2D eigenvalue weighted by Gasteiger charge is -2.42. The van der Waals surface area contributed by atoms with Crippen LogP contribution in [0.2, 0.25) is 0 Å². The van der Waals surface area contributed by atoms with Crippen LogP contribution >= 0.6 is 0 Å². The molecular formula is C29H39N3O7S. The van der Waals surface area contributed by atoms with Crippen LogP contribution in [0, 0.1) is 5.41 Å². The number of nitrogens with one attached hydrogen (secondary N) is 1. The van der Waals surface area contributed by atoms with Crippen LogP contribution in [0.25, 0.3) is 0 Å². The van der Waals surface area contributed by atoms with E-state index in [1.165, 1.54) is 37.8 Å². The van der Waals surface area contributed by atoms with Crippen LogP contribution in [0.15, 0.2) is 76.4 Å². The molecule has 2 aromatic carbocycles. The highest BCUT2D eigenvalue weighted by Crippen LogP contribution is 2.37. The Balaban J connectivity index is 2.03. The Morgan fingerprint density at radius 3 is 2.38 bits per heavy atom. The van der Waals surface area contributed by atoms with E-state index in [1.54, 1.807) is 36.4 Å². The van der Waals surface area contributed by atoms with Crippen molar-refractivity contribution < 1.29 is 32.2 Å². The van der Waals surface area contributed by atoms with Crippen molar-refractivity contribution in [1.29, 1.82) is 0 Å². The number of carbonyl (C=O) groups is 1. The number of sulfone groups is 1. The summed E-state index contributed by atoms with van der Waals surface area (Å²) in [5.41, 5.74) is 11.1. The quantitative estimate of drug-likeness (QED) is 0.223. The predicted molar refractivity (Wildman–Crippen MR) is 152 cm³/mol. The van der Waals surface area contributed by atoms with E-state index >= 15 is 0 Å². The van der Waals surface area contributed by atoms with Crippen LogP contribution in [0.5, 0.6) is 11.5 Å². The van der Waals surface area contributed by atoms with E-state index in [0.29, 0.717) is 29.8 Å². The Bertz CT molecular complexity index is 1370. The molecule has 2 atom stereocenters. The van der Waals surface area contributed by atoms with Crippen LogP contribution in [0.1, 0.15) is 44.7 Å². The maximum absolute atomic E-state index is 14.1. The zero-order valence-corrected chi connectivity index (χ0v) is 24.2. The normalized spacial score (nSPS) is 15.1. The first-order chi connectivity index (χ1) is 18.7. The molecule has 1 aromatic heterocycles. The number of aliphatic hydroxyl groups is 1. The van der Waals surface area contributed by atoms with Gasteiger partial charge < -0.3 is 30.5 Å². The summed E-state index contributed by atoms with van der Waals surface area (Å²) in [5.74, 6) is 0.601. The van der Waals surface area contributed by atoms with Crippen molar-refractivity contribution in [2.24, 2.45) is 16.9 Å². The molecule has 0 aliphatic carbocycles. The fraction of sp³-hybridized carbons (Fsp3) is 0.414. The van der Waals surface area contributed by atoms with Gasteiger partial charge in [-0.15, -0.1) is 0 Å². The third kappa shape index (κ3) is 7.03. The number of hydrogen-bond acceptors (Lipinski definition) is 9. The van der Waals surface area contributed by atoms with E-state index in [4.69, 9.17) is 25.4 Å². The lowest BCUT2D eigenvalue weighted by atomic mass is 9.81. The summed E-state index contributed by atoms with van der Waals surface area (Å²) in [4.78, 5) is 9.96. The number of benzene rings is 2. The summed E-state index contributed by atoms with van der Waals surface area (Å²) in [6, 6.07) is 14.5. The maximum atomic E-state index is 14.1. The van der Waals surface area contributed by atoms with Crippen LogP contribution in [0.4, 0.5) is 4.79 Å². The summed E-state index contributed by atoms with van der Waals surface area (Å²) in [5, 5.41) is 14.2. The van der Waals surface area contributed by atoms with Crippen molar-refractivity contribution in [3.05, 3.63) is 78.3 Å². The average Bonchev–Trinajstić information content (AvgIpc) is 3.40. The first-order valence-electron chi connectivity index (χ1n) is 12.9. The molecule has 0 bridgehead atoms. The molecular weight excluding hydrogens is 534 g/mol. The molecule has 0 saturated carbocycles. The number of ether oxygens (including phenoxy) is 2. The Hall–Kier alpha value is -3.38. The fourth-order valence-electron chi connectivity index (χ4n) is 4.58. The summed E-state index contributed by atoms with van der Waals surface area (Å²) >= 11 is 0. The number of rotatable bonds is 13. The molecule has 1 heterocycles. The predicted octanol–water partition coefficient (Wildman–Crippen LogP) is 3.76. The Labute approximate surface area is 235 Å². The SMILES string of the molecule is COc1ccc(S(=O)(=O)[C@@](C)(O)[C@](N)(Cc2ccccc2)NC(=O)Oc2ccoc2)cc1CC(C)(C)CCCN. The maximum Gasteiger partial charge on any atom is 0.414 e. The number of hydrogen-bond donors (Lipinski definition) is 4. The molecule has 10 nitrogen and oxygen atoms in total.